The van der Waals surface area contributed by atoms with Crippen molar-refractivity contribution in [3.8, 4) is 29.1 Å². The summed E-state index contributed by atoms with van der Waals surface area (Å²) in [6.07, 6.45) is 13.6. The zero-order chi connectivity index (χ0) is 49.7. The van der Waals surface area contributed by atoms with Gasteiger partial charge in [-0.2, -0.15) is 0 Å². The summed E-state index contributed by atoms with van der Waals surface area (Å²) in [5, 5.41) is 59.7. The first kappa shape index (κ1) is 50.7. The zero-order valence-electron chi connectivity index (χ0n) is 40.5. The number of aliphatic imine (C=N–C) groups is 1. The van der Waals surface area contributed by atoms with E-state index in [1.54, 1.807) is 58.1 Å². The lowest BCUT2D eigenvalue weighted by atomic mass is 9.60. The summed E-state index contributed by atoms with van der Waals surface area (Å²) in [5.41, 5.74) is 20.1. The van der Waals surface area contributed by atoms with Crippen molar-refractivity contribution >= 4 is 33.1 Å². The van der Waals surface area contributed by atoms with Gasteiger partial charge in [0.1, 0.15) is 5.75 Å². The Labute approximate surface area is 426 Å². The van der Waals surface area contributed by atoms with Gasteiger partial charge in [0.25, 0.3) is 0 Å². The Morgan fingerprint density at radius 1 is 0.958 bits per heavy atom. The van der Waals surface area contributed by atoms with Crippen molar-refractivity contribution in [2.24, 2.45) is 39.1 Å². The largest absolute Gasteiger partial charge is 0.875 e. The summed E-state index contributed by atoms with van der Waals surface area (Å²) in [7, 11) is 3.42. The van der Waals surface area contributed by atoms with Gasteiger partial charge in [0.15, 0.2) is 17.3 Å². The van der Waals surface area contributed by atoms with Gasteiger partial charge in [0.05, 0.1) is 37.1 Å². The van der Waals surface area contributed by atoms with Crippen molar-refractivity contribution in [3.63, 3.8) is 0 Å². The Hall–Kier alpha value is -5.26. The van der Waals surface area contributed by atoms with E-state index in [2.05, 4.69) is 53.2 Å². The first-order chi connectivity index (χ1) is 34.3. The van der Waals surface area contributed by atoms with E-state index < -0.39 is 29.7 Å². The van der Waals surface area contributed by atoms with E-state index in [4.69, 9.17) is 16.2 Å². The molecular weight excluding hydrogens is 927 g/mol. The average molecular weight is 993 g/mol. The minimum Gasteiger partial charge on any atom is -0.875 e. The van der Waals surface area contributed by atoms with Gasteiger partial charge in [-0.1, -0.05) is 94.1 Å². The Morgan fingerprint density at radius 3 is 2.56 bits per heavy atom. The van der Waals surface area contributed by atoms with Crippen molar-refractivity contribution in [1.82, 2.24) is 0 Å². The van der Waals surface area contributed by atoms with E-state index in [0.717, 1.165) is 66.3 Å². The highest BCUT2D eigenvalue weighted by molar-refractivity contribution is 8.76. The number of hydrogen-bond acceptors (Lipinski definition) is 12. The quantitative estimate of drug-likeness (QED) is 0.0560. The highest BCUT2D eigenvalue weighted by Gasteiger charge is 2.59. The summed E-state index contributed by atoms with van der Waals surface area (Å²) in [6.45, 7) is 2.09. The van der Waals surface area contributed by atoms with Crippen LogP contribution in [-0.2, 0) is 29.8 Å². The molecule has 0 spiro atoms. The lowest BCUT2D eigenvalue weighted by molar-refractivity contribution is -0.307. The van der Waals surface area contributed by atoms with E-state index in [-0.39, 0.29) is 59.7 Å². The molecule has 5 aliphatic rings. The van der Waals surface area contributed by atoms with Gasteiger partial charge in [-0.15, -0.1) is 5.76 Å². The van der Waals surface area contributed by atoms with Crippen LogP contribution in [0.3, 0.4) is 0 Å². The van der Waals surface area contributed by atoms with Gasteiger partial charge in [-0.05, 0) is 164 Å². The van der Waals surface area contributed by atoms with Crippen LogP contribution in [-0.4, -0.2) is 56.5 Å². The molecular formula is C59H66N3O7S2-. The van der Waals surface area contributed by atoms with Gasteiger partial charge in [0.2, 0.25) is 0 Å². The molecule has 0 radical (unpaired) electrons. The number of rotatable bonds is 8. The monoisotopic (exact) mass is 992 g/mol. The molecule has 372 valence electrons. The van der Waals surface area contributed by atoms with Crippen molar-refractivity contribution in [2.45, 2.75) is 120 Å². The molecule has 7 atom stereocenters. The topological polar surface area (TPSA) is 195 Å². The maximum atomic E-state index is 14.3. The summed E-state index contributed by atoms with van der Waals surface area (Å²) in [4.78, 5) is 18.3. The number of nitrogens with two attached hydrogens (primary N) is 2. The van der Waals surface area contributed by atoms with Gasteiger partial charge >= 0.3 is 0 Å². The van der Waals surface area contributed by atoms with Crippen molar-refractivity contribution in [1.29, 1.82) is 0 Å². The van der Waals surface area contributed by atoms with Crippen LogP contribution in [0.2, 0.25) is 0 Å². The summed E-state index contributed by atoms with van der Waals surface area (Å²) in [5.74, 6) is 8.06. The van der Waals surface area contributed by atoms with Crippen LogP contribution < -0.4 is 21.3 Å². The maximum absolute atomic E-state index is 14.3. The number of aliphatic hydroxyl groups is 2. The number of aromatic hydroxyl groups is 2. The van der Waals surface area contributed by atoms with E-state index in [1.807, 2.05) is 37.3 Å². The maximum Gasteiger partial charge on any atom is 0.161 e. The predicted octanol–water partition coefficient (Wildman–Crippen LogP) is 9.40. The molecule has 9 rings (SSSR count). The highest BCUT2D eigenvalue weighted by Crippen LogP contribution is 2.64. The summed E-state index contributed by atoms with van der Waals surface area (Å²) >= 11 is 0. The van der Waals surface area contributed by atoms with E-state index in [9.17, 15) is 30.3 Å². The number of ketones is 1. The van der Waals surface area contributed by atoms with Crippen molar-refractivity contribution < 1.29 is 35.1 Å². The molecule has 7 unspecified atom stereocenters. The molecule has 3 aliphatic carbocycles. The third kappa shape index (κ3) is 11.7. The number of carbonyl (C=O) groups is 1. The Bertz CT molecular complexity index is 2790. The molecule has 71 heavy (non-hydrogen) atoms. The number of phenols is 2. The number of nitrogens with zero attached hydrogens (tertiary/aromatic N) is 1. The standard InChI is InChI=1S/C59H67N3O7S2/c1-37(63)26-41(11-10-38-6-3-2-4-7-38)27-44-18-22-59-35-58(44,33-56(59)68)23-19-45(64)15-12-39-14-17-53(66)55(29-39)69-25-21-40-13-16-52(65)50(28-40)49-32-54(67)46-20-24-62-51(46)9-5-8-42-30-48(57(60)61)43(31-47(42)49)34-70-71-36-59/h2-4,6-7,13-14,16-17,19-20,23-24,28-31,37,41,44,49,56-57,63,65-68H,9-12,15,18,21-22,25-27,32-36,60-61H2,1H3/p-1. The molecule has 2 heterocycles. The Kier molecular flexibility index (Phi) is 15.9. The lowest BCUT2D eigenvalue weighted by Crippen LogP contribution is -2.38. The molecule has 0 amide bonds. The fourth-order valence-corrected chi connectivity index (χ4v) is 14.8. The van der Waals surface area contributed by atoms with Crippen LogP contribution in [0.1, 0.15) is 128 Å². The molecule has 4 aromatic rings. The normalized spacial score (nSPS) is 25.5. The van der Waals surface area contributed by atoms with Crippen LogP contribution in [0.25, 0.3) is 0 Å². The molecule has 2 fully saturated rings. The molecule has 8 N–H and O–H groups in total. The van der Waals surface area contributed by atoms with Crippen LogP contribution in [0.4, 0.5) is 0 Å². The van der Waals surface area contributed by atoms with Crippen LogP contribution in [0, 0.1) is 34.5 Å². The SMILES string of the molecule is CC(O)CC(CCc1ccccc1)CC1CCC23CSSCc4cc5c(cc4C(N)N)C#CCC4=NC=CC4=C([O-])CC5c4cc(ccc4O)CCOc4cc(ccc4O)CCC(=O)C=CC1(CC2O)C3. The summed E-state index contributed by atoms with van der Waals surface area (Å²) < 4.78 is 6.19. The first-order valence-corrected chi connectivity index (χ1v) is 27.7. The zero-order valence-corrected chi connectivity index (χ0v) is 42.2. The predicted molar refractivity (Wildman–Crippen MR) is 283 cm³/mol. The molecule has 2 saturated carbocycles. The Balaban J connectivity index is 1.07. The number of allylic oxidation sites excluding steroid dienone is 5. The van der Waals surface area contributed by atoms with E-state index >= 15 is 0 Å². The molecule has 0 aromatic heterocycles. The van der Waals surface area contributed by atoms with Crippen molar-refractivity contribution in [2.75, 3.05) is 12.4 Å². The number of fused-ring (bicyclic) bond motifs is 7. The fourth-order valence-electron chi connectivity index (χ4n) is 12.0. The lowest BCUT2D eigenvalue weighted by Gasteiger charge is -2.45. The van der Waals surface area contributed by atoms with Crippen molar-refractivity contribution in [3.05, 3.63) is 159 Å². The van der Waals surface area contributed by atoms with E-state index in [1.165, 1.54) is 5.56 Å². The number of hydrogen-bond donors (Lipinski definition) is 6. The van der Waals surface area contributed by atoms with Gasteiger partial charge in [-0.3, -0.25) is 9.79 Å². The molecule has 0 saturated heterocycles. The van der Waals surface area contributed by atoms with E-state index in [0.29, 0.717) is 71.8 Å². The smallest absolute Gasteiger partial charge is 0.161 e. The fraction of sp³-hybridized carbons (Fsp3) is 0.424. The van der Waals surface area contributed by atoms with Crippen LogP contribution >= 0.6 is 21.6 Å². The van der Waals surface area contributed by atoms with Gasteiger partial charge in [-0.25, -0.2) is 0 Å². The number of phenolic OH excluding ortho intramolecular Hbond substituents is 2. The second-order valence-corrected chi connectivity index (χ2v) is 23.1. The second kappa shape index (κ2) is 22.2. The molecule has 2 aliphatic heterocycles. The third-order valence-electron chi connectivity index (χ3n) is 15.8. The molecule has 4 aromatic carbocycles. The average Bonchev–Trinajstić information content (AvgIpc) is 3.92. The first-order valence-electron chi connectivity index (χ1n) is 25.2. The highest BCUT2D eigenvalue weighted by atomic mass is 33.1. The minimum absolute atomic E-state index is 0.00472. The van der Waals surface area contributed by atoms with Gasteiger partial charge < -0.3 is 41.7 Å². The Morgan fingerprint density at radius 2 is 1.76 bits per heavy atom. The molecule has 10 nitrogen and oxygen atoms in total. The number of benzene rings is 4. The number of ether oxygens (including phenoxy) is 1. The number of aryl methyl sites for hydroxylation is 2. The molecule has 12 heteroatoms. The number of aliphatic hydroxyl groups excluding tert-OH is 2. The minimum atomic E-state index is -0.805. The third-order valence-corrected chi connectivity index (χ3v) is 18.3. The van der Waals surface area contributed by atoms with Crippen LogP contribution in [0.15, 0.2) is 120 Å². The van der Waals surface area contributed by atoms with Gasteiger partial charge in [0, 0.05) is 53.0 Å². The van der Waals surface area contributed by atoms with Crippen LogP contribution in [0.5, 0.6) is 17.2 Å². The molecule has 8 bridgehead atoms. The summed E-state index contributed by atoms with van der Waals surface area (Å²) in [6, 6.07) is 25.1. The number of carbonyl (C=O) groups excluding carboxylic acids is 1. The second-order valence-electron chi connectivity index (χ2n) is 20.7.